The Bertz CT molecular complexity index is 597. The molecule has 90 valence electrons. The van der Waals surface area contributed by atoms with Crippen molar-refractivity contribution in [3.63, 3.8) is 0 Å². The molecule has 0 amide bonds. The van der Waals surface area contributed by atoms with Crippen molar-refractivity contribution < 1.29 is 14.3 Å². The van der Waals surface area contributed by atoms with Crippen molar-refractivity contribution in [1.29, 1.82) is 0 Å². The predicted octanol–water partition coefficient (Wildman–Crippen LogP) is 2.08. The second kappa shape index (κ2) is 4.29. The number of ketones is 1. The van der Waals surface area contributed by atoms with Crippen LogP contribution in [0.4, 0.5) is 0 Å². The van der Waals surface area contributed by atoms with E-state index in [1.165, 1.54) is 24.5 Å². The summed E-state index contributed by atoms with van der Waals surface area (Å²) in [7, 11) is 0. The van der Waals surface area contributed by atoms with Crippen LogP contribution in [0.2, 0.25) is 0 Å². The average molecular weight is 252 g/mol. The minimum absolute atomic E-state index is 0.0205. The van der Waals surface area contributed by atoms with E-state index < -0.39 is 5.97 Å². The zero-order chi connectivity index (χ0) is 12.6. The molecule has 0 aliphatic heterocycles. The van der Waals surface area contributed by atoms with Gasteiger partial charge in [-0.2, -0.15) is 0 Å². The van der Waals surface area contributed by atoms with Crippen LogP contribution in [0, 0.1) is 6.92 Å². The average Bonchev–Trinajstić information content (AvgIpc) is 2.79. The lowest BCUT2D eigenvalue weighted by Gasteiger charge is -2.01. The molecule has 0 atom stereocenters. The van der Waals surface area contributed by atoms with Gasteiger partial charge in [0, 0.05) is 12.6 Å². The number of aryl methyl sites for hydroxylation is 1. The molecule has 5 nitrogen and oxygen atoms in total. The largest absolute Gasteiger partial charge is 0.461 e. The zero-order valence-corrected chi connectivity index (χ0v) is 10.6. The molecule has 0 spiro atoms. The molecule has 0 radical (unpaired) electrons. The highest BCUT2D eigenvalue weighted by Crippen LogP contribution is 2.24. The van der Waals surface area contributed by atoms with Crippen molar-refractivity contribution >= 4 is 28.1 Å². The van der Waals surface area contributed by atoms with Gasteiger partial charge >= 0.3 is 5.97 Å². The Morgan fingerprint density at radius 1 is 1.53 bits per heavy atom. The highest BCUT2D eigenvalue weighted by molar-refractivity contribution is 7.19. The molecule has 0 aliphatic rings. The molecule has 0 bridgehead atoms. The topological polar surface area (TPSA) is 60.7 Å². The fourth-order valence-electron chi connectivity index (χ4n) is 1.67. The number of hydrogen-bond acceptors (Lipinski definition) is 5. The van der Waals surface area contributed by atoms with Gasteiger partial charge in [-0.05, 0) is 13.8 Å². The van der Waals surface area contributed by atoms with Crippen LogP contribution in [0.1, 0.15) is 39.7 Å². The van der Waals surface area contributed by atoms with Crippen LogP contribution in [-0.4, -0.2) is 27.7 Å². The van der Waals surface area contributed by atoms with E-state index in [9.17, 15) is 9.59 Å². The van der Waals surface area contributed by atoms with Crippen LogP contribution in [0.15, 0.2) is 6.20 Å². The first-order valence-electron chi connectivity index (χ1n) is 5.21. The molecule has 0 aliphatic carbocycles. The van der Waals surface area contributed by atoms with Gasteiger partial charge in [0.15, 0.2) is 16.4 Å². The summed E-state index contributed by atoms with van der Waals surface area (Å²) < 4.78 is 6.61. The van der Waals surface area contributed by atoms with E-state index in [0.717, 1.165) is 5.69 Å². The molecule has 2 heterocycles. The first-order chi connectivity index (χ1) is 8.06. The van der Waals surface area contributed by atoms with E-state index in [1.807, 2.05) is 0 Å². The highest BCUT2D eigenvalue weighted by atomic mass is 32.1. The molecule has 6 heteroatoms. The molecule has 0 fully saturated rings. The Labute approximate surface area is 102 Å². The lowest BCUT2D eigenvalue weighted by atomic mass is 10.3. The Balaban J connectivity index is 2.59. The summed E-state index contributed by atoms with van der Waals surface area (Å²) in [5.74, 6) is -0.441. The smallest absolute Gasteiger partial charge is 0.357 e. The van der Waals surface area contributed by atoms with Crippen molar-refractivity contribution in [3.8, 4) is 0 Å². The maximum Gasteiger partial charge on any atom is 0.357 e. The maximum atomic E-state index is 11.7. The van der Waals surface area contributed by atoms with Gasteiger partial charge in [-0.1, -0.05) is 11.3 Å². The van der Waals surface area contributed by atoms with Crippen LogP contribution in [-0.2, 0) is 4.74 Å². The van der Waals surface area contributed by atoms with E-state index in [-0.39, 0.29) is 5.78 Å². The standard InChI is InChI=1S/C11H12N2O3S/c1-4-16-10(15)8-5-12-11-13(8)6(2)9(17-11)7(3)14/h5H,4H2,1-3H3. The van der Waals surface area contributed by atoms with Gasteiger partial charge in [-0.15, -0.1) is 0 Å². The minimum atomic E-state index is -0.420. The lowest BCUT2D eigenvalue weighted by Crippen LogP contribution is -2.08. The summed E-state index contributed by atoms with van der Waals surface area (Å²) >= 11 is 1.28. The van der Waals surface area contributed by atoms with Crippen LogP contribution in [0.25, 0.3) is 4.96 Å². The Morgan fingerprint density at radius 2 is 2.24 bits per heavy atom. The summed E-state index contributed by atoms with van der Waals surface area (Å²) in [5, 5.41) is 0. The number of fused-ring (bicyclic) bond motifs is 1. The number of carbonyl (C=O) groups excluding carboxylic acids is 2. The number of esters is 1. The van der Waals surface area contributed by atoms with Gasteiger partial charge in [0.2, 0.25) is 0 Å². The van der Waals surface area contributed by atoms with E-state index in [0.29, 0.717) is 22.1 Å². The molecule has 2 aromatic heterocycles. The van der Waals surface area contributed by atoms with Gasteiger partial charge in [0.25, 0.3) is 0 Å². The zero-order valence-electron chi connectivity index (χ0n) is 9.81. The molecule has 17 heavy (non-hydrogen) atoms. The minimum Gasteiger partial charge on any atom is -0.461 e. The molecular formula is C11H12N2O3S. The van der Waals surface area contributed by atoms with Gasteiger partial charge in [-0.25, -0.2) is 9.78 Å². The van der Waals surface area contributed by atoms with Gasteiger partial charge < -0.3 is 4.74 Å². The Kier molecular flexibility index (Phi) is 2.97. The maximum absolute atomic E-state index is 11.7. The number of Topliss-reactive ketones (excluding diaryl/α,β-unsaturated/α-hetero) is 1. The van der Waals surface area contributed by atoms with Gasteiger partial charge in [0.1, 0.15) is 0 Å². The van der Waals surface area contributed by atoms with E-state index in [4.69, 9.17) is 4.74 Å². The fourth-order valence-corrected chi connectivity index (χ4v) is 2.67. The molecule has 0 unspecified atom stereocenters. The first kappa shape index (κ1) is 11.8. The number of aromatic nitrogens is 2. The van der Waals surface area contributed by atoms with Crippen molar-refractivity contribution in [3.05, 3.63) is 22.5 Å². The van der Waals surface area contributed by atoms with E-state index in [2.05, 4.69) is 4.98 Å². The highest BCUT2D eigenvalue weighted by Gasteiger charge is 2.20. The second-order valence-corrected chi connectivity index (χ2v) is 4.53. The number of ether oxygens (including phenoxy) is 1. The van der Waals surface area contributed by atoms with Crippen molar-refractivity contribution in [2.75, 3.05) is 6.61 Å². The summed E-state index contributed by atoms with van der Waals surface area (Å²) in [6, 6.07) is 0. The van der Waals surface area contributed by atoms with Crippen molar-refractivity contribution in [1.82, 2.24) is 9.38 Å². The monoisotopic (exact) mass is 252 g/mol. The van der Waals surface area contributed by atoms with Crippen molar-refractivity contribution in [2.45, 2.75) is 20.8 Å². The van der Waals surface area contributed by atoms with Gasteiger partial charge in [0.05, 0.1) is 17.7 Å². The van der Waals surface area contributed by atoms with Crippen LogP contribution in [0.3, 0.4) is 0 Å². The van der Waals surface area contributed by atoms with Gasteiger partial charge in [-0.3, -0.25) is 9.20 Å². The van der Waals surface area contributed by atoms with E-state index >= 15 is 0 Å². The Morgan fingerprint density at radius 3 is 2.82 bits per heavy atom. The second-order valence-electron chi connectivity index (χ2n) is 3.55. The molecule has 0 saturated carbocycles. The molecule has 0 saturated heterocycles. The summed E-state index contributed by atoms with van der Waals surface area (Å²) in [6.45, 7) is 5.36. The number of imidazole rings is 1. The Hall–Kier alpha value is -1.69. The normalized spacial score (nSPS) is 10.8. The van der Waals surface area contributed by atoms with E-state index in [1.54, 1.807) is 18.2 Å². The van der Waals surface area contributed by atoms with Crippen LogP contribution in [0.5, 0.6) is 0 Å². The lowest BCUT2D eigenvalue weighted by molar-refractivity contribution is 0.0518. The molecule has 2 rings (SSSR count). The van der Waals surface area contributed by atoms with Crippen LogP contribution >= 0.6 is 11.3 Å². The number of rotatable bonds is 3. The molecular weight excluding hydrogens is 240 g/mol. The summed E-state index contributed by atoms with van der Waals surface area (Å²) in [4.78, 5) is 28.5. The third kappa shape index (κ3) is 1.84. The third-order valence-corrected chi connectivity index (χ3v) is 3.65. The summed E-state index contributed by atoms with van der Waals surface area (Å²) in [5.41, 5.74) is 1.10. The number of thiazole rings is 1. The molecule has 0 aromatic carbocycles. The number of nitrogens with zero attached hydrogens (tertiary/aromatic N) is 2. The quantitative estimate of drug-likeness (QED) is 0.620. The first-order valence-corrected chi connectivity index (χ1v) is 6.02. The van der Waals surface area contributed by atoms with Crippen LogP contribution < -0.4 is 0 Å². The molecule has 0 N–H and O–H groups in total. The number of hydrogen-bond donors (Lipinski definition) is 0. The molecule has 2 aromatic rings. The third-order valence-electron chi connectivity index (χ3n) is 2.39. The van der Waals surface area contributed by atoms with Crippen molar-refractivity contribution in [2.24, 2.45) is 0 Å². The summed E-state index contributed by atoms with van der Waals surface area (Å²) in [6.07, 6.45) is 1.47. The fraction of sp³-hybridized carbons (Fsp3) is 0.364. The SMILES string of the molecule is CCOC(=O)c1cnc2sc(C(C)=O)c(C)n12. The predicted molar refractivity (Wildman–Crippen MR) is 63.8 cm³/mol. The number of carbonyl (C=O) groups is 2.